The third-order valence-corrected chi connectivity index (χ3v) is 4.76. The summed E-state index contributed by atoms with van der Waals surface area (Å²) in [6, 6.07) is 4.42. The van der Waals surface area contributed by atoms with Crippen molar-refractivity contribution in [1.82, 2.24) is 9.55 Å². The molecule has 0 unspecified atom stereocenters. The normalized spacial score (nSPS) is 11.5. The summed E-state index contributed by atoms with van der Waals surface area (Å²) in [5.41, 5.74) is 4.89. The Hall–Kier alpha value is -1.35. The van der Waals surface area contributed by atoms with Gasteiger partial charge in [-0.15, -0.1) is 0 Å². The molecule has 0 aliphatic rings. The van der Waals surface area contributed by atoms with Crippen LogP contribution in [-0.2, 0) is 13.0 Å². The van der Waals surface area contributed by atoms with E-state index in [9.17, 15) is 5.11 Å². The number of fused-ring (bicyclic) bond motifs is 1. The fourth-order valence-corrected chi connectivity index (χ4v) is 3.20. The number of aryl methyl sites for hydroxylation is 3. The maximum atomic E-state index is 9.32. The van der Waals surface area contributed by atoms with Crippen molar-refractivity contribution in [2.24, 2.45) is 0 Å². The Balaban J connectivity index is 2.02. The maximum absolute atomic E-state index is 9.32. The maximum Gasteiger partial charge on any atom is 0.112 e. The van der Waals surface area contributed by atoms with Gasteiger partial charge in [0, 0.05) is 13.0 Å². The van der Waals surface area contributed by atoms with Gasteiger partial charge in [-0.25, -0.2) is 4.98 Å². The first-order chi connectivity index (χ1) is 11.2. The molecular weight excluding hydrogens is 284 g/mol. The van der Waals surface area contributed by atoms with Crippen LogP contribution in [0.3, 0.4) is 0 Å². The highest BCUT2D eigenvalue weighted by atomic mass is 16.3. The van der Waals surface area contributed by atoms with Crippen molar-refractivity contribution in [1.29, 1.82) is 0 Å². The van der Waals surface area contributed by atoms with E-state index in [2.05, 4.69) is 37.5 Å². The number of aliphatic hydroxyl groups is 1. The first-order valence-electron chi connectivity index (χ1n) is 9.24. The number of unbranched alkanes of at least 4 members (excludes halogenated alkanes) is 6. The summed E-state index contributed by atoms with van der Waals surface area (Å²) < 4.78 is 2.32. The fourth-order valence-electron chi connectivity index (χ4n) is 3.20. The Labute approximate surface area is 140 Å². The number of aliphatic hydroxyl groups excluding tert-OH is 1. The lowest BCUT2D eigenvalue weighted by atomic mass is 10.1. The zero-order chi connectivity index (χ0) is 16.7. The lowest BCUT2D eigenvalue weighted by molar-refractivity contribution is 0.294. The van der Waals surface area contributed by atoms with E-state index in [1.165, 1.54) is 61.6 Å². The molecule has 1 aromatic heterocycles. The van der Waals surface area contributed by atoms with Crippen molar-refractivity contribution in [2.45, 2.75) is 78.7 Å². The number of hydrogen-bond donors (Lipinski definition) is 1. The molecule has 0 saturated heterocycles. The Morgan fingerprint density at radius 2 is 1.61 bits per heavy atom. The first-order valence-corrected chi connectivity index (χ1v) is 9.24. The number of hydrogen-bond acceptors (Lipinski definition) is 2. The second-order valence-electron chi connectivity index (χ2n) is 6.70. The molecule has 0 saturated carbocycles. The molecule has 1 aromatic carbocycles. The van der Waals surface area contributed by atoms with E-state index in [1.54, 1.807) is 0 Å². The highest BCUT2D eigenvalue weighted by Gasteiger charge is 2.11. The Kier molecular flexibility index (Phi) is 7.10. The molecule has 2 rings (SSSR count). The number of imidazole rings is 1. The van der Waals surface area contributed by atoms with Crippen LogP contribution in [0.15, 0.2) is 12.1 Å². The third-order valence-electron chi connectivity index (χ3n) is 4.76. The molecule has 23 heavy (non-hydrogen) atoms. The Bertz CT molecular complexity index is 616. The standard InChI is InChI=1S/C20H32N2O/c1-4-5-6-7-8-9-10-12-22-19-15-17(3)16(2)14-18(19)21-20(22)11-13-23/h14-15,23H,4-13H2,1-3H3. The molecule has 128 valence electrons. The molecule has 3 heteroatoms. The van der Waals surface area contributed by atoms with Crippen molar-refractivity contribution < 1.29 is 5.11 Å². The van der Waals surface area contributed by atoms with Gasteiger partial charge in [0.2, 0.25) is 0 Å². The second kappa shape index (κ2) is 9.07. The summed E-state index contributed by atoms with van der Waals surface area (Å²) in [7, 11) is 0. The minimum absolute atomic E-state index is 0.165. The topological polar surface area (TPSA) is 38.0 Å². The van der Waals surface area contributed by atoms with Crippen LogP contribution in [0, 0.1) is 13.8 Å². The van der Waals surface area contributed by atoms with Crippen LogP contribution in [0.5, 0.6) is 0 Å². The molecule has 0 atom stereocenters. The van der Waals surface area contributed by atoms with E-state index in [0.717, 1.165) is 17.9 Å². The molecule has 0 fully saturated rings. The summed E-state index contributed by atoms with van der Waals surface area (Å²) in [6.45, 7) is 7.73. The molecule has 1 N–H and O–H groups in total. The summed E-state index contributed by atoms with van der Waals surface area (Å²) >= 11 is 0. The summed E-state index contributed by atoms with van der Waals surface area (Å²) in [5.74, 6) is 1.03. The van der Waals surface area contributed by atoms with Crippen molar-refractivity contribution in [2.75, 3.05) is 6.61 Å². The Morgan fingerprint density at radius 3 is 2.30 bits per heavy atom. The number of rotatable bonds is 10. The molecule has 0 amide bonds. The number of benzene rings is 1. The largest absolute Gasteiger partial charge is 0.396 e. The van der Waals surface area contributed by atoms with Gasteiger partial charge in [-0.05, 0) is 43.5 Å². The van der Waals surface area contributed by atoms with Gasteiger partial charge >= 0.3 is 0 Å². The smallest absolute Gasteiger partial charge is 0.112 e. The van der Waals surface area contributed by atoms with E-state index in [4.69, 9.17) is 4.98 Å². The first kappa shape index (κ1) is 18.0. The molecule has 0 aliphatic carbocycles. The molecule has 3 nitrogen and oxygen atoms in total. The highest BCUT2D eigenvalue weighted by Crippen LogP contribution is 2.22. The molecule has 2 aromatic rings. The van der Waals surface area contributed by atoms with Crippen molar-refractivity contribution in [3.63, 3.8) is 0 Å². The zero-order valence-electron chi connectivity index (χ0n) is 15.1. The van der Waals surface area contributed by atoms with E-state index in [1.807, 2.05) is 0 Å². The number of nitrogens with zero attached hydrogens (tertiary/aromatic N) is 2. The summed E-state index contributed by atoms with van der Waals surface area (Å²) in [6.07, 6.45) is 9.87. The monoisotopic (exact) mass is 316 g/mol. The van der Waals surface area contributed by atoms with Gasteiger partial charge in [0.05, 0.1) is 17.6 Å². The van der Waals surface area contributed by atoms with Crippen LogP contribution in [0.25, 0.3) is 11.0 Å². The van der Waals surface area contributed by atoms with Gasteiger partial charge < -0.3 is 9.67 Å². The average molecular weight is 316 g/mol. The van der Waals surface area contributed by atoms with Crippen LogP contribution in [0.2, 0.25) is 0 Å². The fraction of sp³-hybridized carbons (Fsp3) is 0.650. The van der Waals surface area contributed by atoms with E-state index in [0.29, 0.717) is 6.42 Å². The average Bonchev–Trinajstić information content (AvgIpc) is 2.84. The van der Waals surface area contributed by atoms with Gasteiger partial charge in [0.15, 0.2) is 0 Å². The van der Waals surface area contributed by atoms with Crippen LogP contribution in [0.4, 0.5) is 0 Å². The third kappa shape index (κ3) is 4.81. The molecule has 0 bridgehead atoms. The number of aromatic nitrogens is 2. The van der Waals surface area contributed by atoms with Gasteiger partial charge in [-0.1, -0.05) is 45.4 Å². The minimum Gasteiger partial charge on any atom is -0.396 e. The SMILES string of the molecule is CCCCCCCCCn1c(CCO)nc2cc(C)c(C)cc21. The quantitative estimate of drug-likeness (QED) is 0.631. The minimum atomic E-state index is 0.165. The predicted octanol–water partition coefficient (Wildman–Crippen LogP) is 4.94. The van der Waals surface area contributed by atoms with E-state index >= 15 is 0 Å². The van der Waals surface area contributed by atoms with Crippen LogP contribution < -0.4 is 0 Å². The van der Waals surface area contributed by atoms with Gasteiger partial charge in [-0.3, -0.25) is 0 Å². The molecular formula is C20H32N2O. The van der Waals surface area contributed by atoms with Gasteiger partial charge in [-0.2, -0.15) is 0 Å². The van der Waals surface area contributed by atoms with Gasteiger partial charge in [0.1, 0.15) is 5.82 Å². The zero-order valence-corrected chi connectivity index (χ0v) is 15.1. The van der Waals surface area contributed by atoms with Crippen LogP contribution in [-0.4, -0.2) is 21.3 Å². The van der Waals surface area contributed by atoms with Crippen molar-refractivity contribution in [3.05, 3.63) is 29.1 Å². The second-order valence-corrected chi connectivity index (χ2v) is 6.70. The Morgan fingerprint density at radius 1 is 0.957 bits per heavy atom. The molecule has 1 heterocycles. The van der Waals surface area contributed by atoms with Crippen LogP contribution in [0.1, 0.15) is 68.8 Å². The van der Waals surface area contributed by atoms with Gasteiger partial charge in [0.25, 0.3) is 0 Å². The molecule has 0 spiro atoms. The highest BCUT2D eigenvalue weighted by molar-refractivity contribution is 5.78. The van der Waals surface area contributed by atoms with E-state index < -0.39 is 0 Å². The lowest BCUT2D eigenvalue weighted by Gasteiger charge is -2.09. The summed E-state index contributed by atoms with van der Waals surface area (Å²) in [4.78, 5) is 4.75. The predicted molar refractivity (Wildman–Crippen MR) is 98.0 cm³/mol. The summed E-state index contributed by atoms with van der Waals surface area (Å²) in [5, 5.41) is 9.32. The van der Waals surface area contributed by atoms with Crippen molar-refractivity contribution >= 4 is 11.0 Å². The van der Waals surface area contributed by atoms with Crippen LogP contribution >= 0.6 is 0 Å². The van der Waals surface area contributed by atoms with Crippen molar-refractivity contribution in [3.8, 4) is 0 Å². The molecule has 0 radical (unpaired) electrons. The molecule has 0 aliphatic heterocycles. The van der Waals surface area contributed by atoms with E-state index in [-0.39, 0.29) is 6.61 Å². The lowest BCUT2D eigenvalue weighted by Crippen LogP contribution is -2.06.